The van der Waals surface area contributed by atoms with Crippen molar-refractivity contribution < 1.29 is 0 Å². The lowest BCUT2D eigenvalue weighted by Gasteiger charge is -2.25. The average Bonchev–Trinajstić information content (AvgIpc) is 2.42. The van der Waals surface area contributed by atoms with Crippen molar-refractivity contribution in [1.82, 2.24) is 0 Å². The molecule has 0 heterocycles. The quantitative estimate of drug-likeness (QED) is 0.603. The summed E-state index contributed by atoms with van der Waals surface area (Å²) in [7, 11) is 0. The largest absolute Gasteiger partial charge is 0.342 e. The minimum atomic E-state index is 0.865. The minimum Gasteiger partial charge on any atom is -0.342 e. The van der Waals surface area contributed by atoms with E-state index in [1.54, 1.807) is 0 Å². The highest BCUT2D eigenvalue weighted by Gasteiger charge is 2.10. The molecule has 0 aliphatic carbocycles. The van der Waals surface area contributed by atoms with Gasteiger partial charge in [0.15, 0.2) is 0 Å². The fraction of sp³-hybridized carbons (Fsp3) is 0.250. The maximum absolute atomic E-state index is 3.64. The third-order valence-corrected chi connectivity index (χ3v) is 4.56. The molecular formula is C16H17Br2N. The van der Waals surface area contributed by atoms with E-state index in [0.29, 0.717) is 0 Å². The monoisotopic (exact) mass is 381 g/mol. The molecule has 2 aromatic carbocycles. The van der Waals surface area contributed by atoms with Crippen LogP contribution in [0.1, 0.15) is 18.1 Å². The van der Waals surface area contributed by atoms with Gasteiger partial charge >= 0.3 is 0 Å². The summed E-state index contributed by atoms with van der Waals surface area (Å²) in [5.41, 5.74) is 5.05. The number of rotatable bonds is 4. The third-order valence-electron chi connectivity index (χ3n) is 3.21. The number of halogens is 2. The summed E-state index contributed by atoms with van der Waals surface area (Å²) in [6, 6.07) is 15.0. The van der Waals surface area contributed by atoms with Gasteiger partial charge in [-0.25, -0.2) is 0 Å². The number of benzene rings is 2. The molecule has 2 rings (SSSR count). The molecule has 0 aliphatic heterocycles. The Labute approximate surface area is 131 Å². The molecule has 0 aromatic heterocycles. The van der Waals surface area contributed by atoms with Gasteiger partial charge in [0, 0.05) is 27.7 Å². The Morgan fingerprint density at radius 1 is 1.11 bits per heavy atom. The number of alkyl halides is 1. The highest BCUT2D eigenvalue weighted by Crippen LogP contribution is 2.31. The molecule has 19 heavy (non-hydrogen) atoms. The maximum atomic E-state index is 3.64. The van der Waals surface area contributed by atoms with Crippen LogP contribution in [0.15, 0.2) is 46.9 Å². The molecule has 0 atom stereocenters. The summed E-state index contributed by atoms with van der Waals surface area (Å²) in [5.74, 6) is 0. The van der Waals surface area contributed by atoms with Crippen LogP contribution in [0, 0.1) is 6.92 Å². The first kappa shape index (κ1) is 14.6. The van der Waals surface area contributed by atoms with Gasteiger partial charge in [-0.3, -0.25) is 0 Å². The number of anilines is 2. The molecule has 0 saturated heterocycles. The molecule has 3 heteroatoms. The summed E-state index contributed by atoms with van der Waals surface area (Å²) in [6.45, 7) is 5.28. The van der Waals surface area contributed by atoms with Crippen LogP contribution in [0.4, 0.5) is 11.4 Å². The van der Waals surface area contributed by atoms with Crippen molar-refractivity contribution in [3.8, 4) is 0 Å². The number of nitrogens with zero attached hydrogens (tertiary/aromatic N) is 1. The van der Waals surface area contributed by atoms with E-state index in [2.05, 4.69) is 93.1 Å². The Morgan fingerprint density at radius 3 is 2.42 bits per heavy atom. The fourth-order valence-corrected chi connectivity index (χ4v) is 3.54. The van der Waals surface area contributed by atoms with Gasteiger partial charge in [-0.15, -0.1) is 0 Å². The lowest BCUT2D eigenvalue weighted by molar-refractivity contribution is 1.01. The van der Waals surface area contributed by atoms with Crippen LogP contribution in [0.2, 0.25) is 0 Å². The number of hydrogen-bond donors (Lipinski definition) is 0. The molecule has 1 nitrogen and oxygen atoms in total. The smallest absolute Gasteiger partial charge is 0.0440 e. The third kappa shape index (κ3) is 3.21. The van der Waals surface area contributed by atoms with Gasteiger partial charge in [0.05, 0.1) is 0 Å². The predicted molar refractivity (Wildman–Crippen MR) is 90.6 cm³/mol. The van der Waals surface area contributed by atoms with Crippen LogP contribution < -0.4 is 4.90 Å². The van der Waals surface area contributed by atoms with Crippen LogP contribution in [0.5, 0.6) is 0 Å². The highest BCUT2D eigenvalue weighted by molar-refractivity contribution is 9.10. The van der Waals surface area contributed by atoms with Crippen molar-refractivity contribution in [3.05, 3.63) is 58.1 Å². The predicted octanol–water partition coefficient (Wildman–Crippen LogP) is 5.81. The Bertz CT molecular complexity index is 566. The van der Waals surface area contributed by atoms with Crippen LogP contribution in [-0.4, -0.2) is 6.54 Å². The first-order valence-electron chi connectivity index (χ1n) is 6.35. The fourth-order valence-electron chi connectivity index (χ4n) is 2.17. The van der Waals surface area contributed by atoms with Gasteiger partial charge in [0.25, 0.3) is 0 Å². The van der Waals surface area contributed by atoms with Gasteiger partial charge in [-0.2, -0.15) is 0 Å². The number of hydrogen-bond acceptors (Lipinski definition) is 1. The molecule has 0 N–H and O–H groups in total. The standard InChI is InChI=1S/C16H17Br2N/c1-3-19(16-7-5-4-6-12(16)2)14-9-8-13(11-17)15(18)10-14/h4-10H,3,11H2,1-2H3. The van der Waals surface area contributed by atoms with Crippen molar-refractivity contribution >= 4 is 43.2 Å². The van der Waals surface area contributed by atoms with Crippen molar-refractivity contribution in [2.45, 2.75) is 19.2 Å². The zero-order valence-corrected chi connectivity index (χ0v) is 14.3. The molecule has 0 saturated carbocycles. The Morgan fingerprint density at radius 2 is 1.84 bits per heavy atom. The summed E-state index contributed by atoms with van der Waals surface area (Å²) in [4.78, 5) is 2.33. The Kier molecular flexibility index (Phi) is 5.06. The van der Waals surface area contributed by atoms with Crippen molar-refractivity contribution in [2.75, 3.05) is 11.4 Å². The molecule has 2 aromatic rings. The topological polar surface area (TPSA) is 3.24 Å². The molecule has 0 aliphatic rings. The van der Waals surface area contributed by atoms with Crippen LogP contribution in [0.3, 0.4) is 0 Å². The second-order valence-corrected chi connectivity index (χ2v) is 5.86. The zero-order valence-electron chi connectivity index (χ0n) is 11.2. The summed E-state index contributed by atoms with van der Waals surface area (Å²) in [5, 5.41) is 0.865. The molecule has 0 amide bonds. The van der Waals surface area contributed by atoms with Crippen molar-refractivity contribution in [2.24, 2.45) is 0 Å². The minimum absolute atomic E-state index is 0.865. The van der Waals surface area contributed by atoms with E-state index in [-0.39, 0.29) is 0 Å². The van der Waals surface area contributed by atoms with E-state index in [1.165, 1.54) is 22.5 Å². The van der Waals surface area contributed by atoms with Gasteiger partial charge in [-0.05, 0) is 43.2 Å². The van der Waals surface area contributed by atoms with Crippen molar-refractivity contribution in [3.63, 3.8) is 0 Å². The molecule has 0 unspecified atom stereocenters. The van der Waals surface area contributed by atoms with Crippen LogP contribution in [-0.2, 0) is 5.33 Å². The normalized spacial score (nSPS) is 10.5. The number of para-hydroxylation sites is 1. The van der Waals surface area contributed by atoms with E-state index in [9.17, 15) is 0 Å². The highest BCUT2D eigenvalue weighted by atomic mass is 79.9. The van der Waals surface area contributed by atoms with Crippen LogP contribution in [0.25, 0.3) is 0 Å². The molecular weight excluding hydrogens is 366 g/mol. The van der Waals surface area contributed by atoms with Gasteiger partial charge < -0.3 is 4.90 Å². The SMILES string of the molecule is CCN(c1ccc(CBr)c(Br)c1)c1ccccc1C. The summed E-state index contributed by atoms with van der Waals surface area (Å²) in [6.07, 6.45) is 0. The van der Waals surface area contributed by atoms with E-state index >= 15 is 0 Å². The first-order valence-corrected chi connectivity index (χ1v) is 8.26. The van der Waals surface area contributed by atoms with Crippen LogP contribution >= 0.6 is 31.9 Å². The van der Waals surface area contributed by atoms with Gasteiger partial charge in [-0.1, -0.05) is 56.1 Å². The Balaban J connectivity index is 2.43. The molecule has 0 bridgehead atoms. The first-order chi connectivity index (χ1) is 9.17. The van der Waals surface area contributed by atoms with Gasteiger partial charge in [0.2, 0.25) is 0 Å². The molecule has 0 radical (unpaired) electrons. The maximum Gasteiger partial charge on any atom is 0.0440 e. The lowest BCUT2D eigenvalue weighted by Crippen LogP contribution is -2.17. The van der Waals surface area contributed by atoms with E-state index in [0.717, 1.165) is 16.3 Å². The summed E-state index contributed by atoms with van der Waals surface area (Å²) < 4.78 is 1.15. The van der Waals surface area contributed by atoms with E-state index in [1.807, 2.05) is 0 Å². The van der Waals surface area contributed by atoms with E-state index < -0.39 is 0 Å². The second-order valence-electron chi connectivity index (χ2n) is 4.44. The van der Waals surface area contributed by atoms with Gasteiger partial charge in [0.1, 0.15) is 0 Å². The van der Waals surface area contributed by atoms with E-state index in [4.69, 9.17) is 0 Å². The average molecular weight is 383 g/mol. The second kappa shape index (κ2) is 6.58. The Hall–Kier alpha value is -0.800. The van der Waals surface area contributed by atoms with Crippen molar-refractivity contribution in [1.29, 1.82) is 0 Å². The lowest BCUT2D eigenvalue weighted by atomic mass is 10.1. The molecule has 0 fully saturated rings. The summed E-state index contributed by atoms with van der Waals surface area (Å²) >= 11 is 7.14. The molecule has 0 spiro atoms. The molecule has 100 valence electrons. The zero-order chi connectivity index (χ0) is 13.8. The number of aryl methyl sites for hydroxylation is 1.